The van der Waals surface area contributed by atoms with E-state index in [2.05, 4.69) is 121 Å². The SMILES string of the molecule is [2H]C(C)(C)c1ccc(-n2c(-c3cc(C(C)(C)C)cc(C(C)(C)C)c3O)nc3c(-c4[c-]c(-c5cc(-c6ccc(C(C([2H])([2H])[2H])(C([2H])([2H])[2H])C([2H])([2H])[2H])cc6)ccn5)cc(C(C)(C)C)c4)cccc32)c(-c2ccccc2)c1.[Pt]. The van der Waals surface area contributed by atoms with Crippen molar-refractivity contribution in [1.29, 1.82) is 0 Å². The van der Waals surface area contributed by atoms with Crippen molar-refractivity contribution < 1.29 is 39.9 Å². The summed E-state index contributed by atoms with van der Waals surface area (Å²) in [6, 6.07) is 43.8. The molecule has 0 saturated carbocycles. The van der Waals surface area contributed by atoms with Crippen molar-refractivity contribution in [3.63, 3.8) is 0 Å². The van der Waals surface area contributed by atoms with Crippen LogP contribution in [0.5, 0.6) is 5.75 Å². The van der Waals surface area contributed by atoms with Crippen molar-refractivity contribution >= 4 is 11.0 Å². The molecular weight excluding hydrogens is 986 g/mol. The average molecular weight is 1060 g/mol. The van der Waals surface area contributed by atoms with E-state index in [0.29, 0.717) is 39.3 Å². The maximum atomic E-state index is 12.6. The molecule has 2 aromatic heterocycles. The van der Waals surface area contributed by atoms with Gasteiger partial charge in [0.2, 0.25) is 0 Å². The molecule has 4 nitrogen and oxygen atoms in total. The predicted octanol–water partition coefficient (Wildman–Crippen LogP) is 16.6. The van der Waals surface area contributed by atoms with Gasteiger partial charge in [-0.05, 0) is 91.3 Å². The Bertz CT molecular complexity index is 3400. The Labute approximate surface area is 422 Å². The zero-order chi connectivity index (χ0) is 55.2. The van der Waals surface area contributed by atoms with Crippen LogP contribution in [0.3, 0.4) is 0 Å². The number of hydrogen-bond acceptors (Lipinski definition) is 3. The van der Waals surface area contributed by atoms with Gasteiger partial charge in [-0.3, -0.25) is 9.55 Å². The van der Waals surface area contributed by atoms with E-state index in [-0.39, 0.29) is 43.2 Å². The van der Waals surface area contributed by atoms with E-state index < -0.39 is 37.3 Å². The molecule has 0 amide bonds. The first kappa shape index (κ1) is 36.5. The molecule has 0 unspecified atom stereocenters. The molecule has 342 valence electrons. The Morgan fingerprint density at radius 3 is 1.89 bits per heavy atom. The number of phenolic OH excluding ortho intramolecular Hbond substituents is 1. The number of aromatic nitrogens is 3. The van der Waals surface area contributed by atoms with Gasteiger partial charge < -0.3 is 5.11 Å². The minimum absolute atomic E-state index is 0. The fourth-order valence-corrected chi connectivity index (χ4v) is 8.40. The Kier molecular flexibility index (Phi) is 9.92. The molecule has 1 N–H and O–H groups in total. The van der Waals surface area contributed by atoms with Gasteiger partial charge in [0.1, 0.15) is 11.6 Å². The number of rotatable bonds is 7. The van der Waals surface area contributed by atoms with Gasteiger partial charge in [-0.15, -0.1) is 29.3 Å². The van der Waals surface area contributed by atoms with E-state index in [1.807, 2.05) is 62.4 Å². The number of para-hydroxylation sites is 1. The maximum absolute atomic E-state index is 12.6. The van der Waals surface area contributed by atoms with Crippen molar-refractivity contribution in [1.82, 2.24) is 14.5 Å². The largest absolute Gasteiger partial charge is 0.507 e. The maximum Gasteiger partial charge on any atom is 0.148 e. The van der Waals surface area contributed by atoms with E-state index >= 15 is 0 Å². The minimum atomic E-state index is -3.38. The summed E-state index contributed by atoms with van der Waals surface area (Å²) in [5.74, 6) is -0.199. The van der Waals surface area contributed by atoms with E-state index in [9.17, 15) is 5.11 Å². The molecule has 0 spiro atoms. The molecule has 0 radical (unpaired) electrons. The summed E-state index contributed by atoms with van der Waals surface area (Å²) in [6.07, 6.45) is 1.66. The van der Waals surface area contributed by atoms with Gasteiger partial charge in [0, 0.05) is 57.8 Å². The molecule has 66 heavy (non-hydrogen) atoms. The predicted molar refractivity (Wildman–Crippen MR) is 275 cm³/mol. The van der Waals surface area contributed by atoms with Crippen LogP contribution in [0.1, 0.15) is 144 Å². The summed E-state index contributed by atoms with van der Waals surface area (Å²) in [7, 11) is 0. The van der Waals surface area contributed by atoms with Crippen LogP contribution in [-0.4, -0.2) is 19.6 Å². The van der Waals surface area contributed by atoms with Crippen LogP contribution in [-0.2, 0) is 42.7 Å². The molecule has 0 fully saturated rings. The Morgan fingerprint density at radius 1 is 0.591 bits per heavy atom. The molecule has 5 heteroatoms. The molecule has 0 bridgehead atoms. The van der Waals surface area contributed by atoms with Crippen molar-refractivity contribution in [2.45, 2.75) is 124 Å². The number of phenols is 1. The zero-order valence-electron chi connectivity index (χ0n) is 49.8. The molecule has 0 aliphatic rings. The number of pyridine rings is 1. The summed E-state index contributed by atoms with van der Waals surface area (Å²) in [5, 5.41) is 12.6. The molecule has 0 saturated heterocycles. The number of hydrogen-bond donors (Lipinski definition) is 1. The van der Waals surface area contributed by atoms with Crippen LogP contribution in [0.4, 0.5) is 0 Å². The third-order valence-corrected chi connectivity index (χ3v) is 12.3. The van der Waals surface area contributed by atoms with Crippen molar-refractivity contribution in [3.8, 4) is 67.5 Å². The molecule has 8 rings (SSSR count). The Balaban J connectivity index is 0.00000840. The van der Waals surface area contributed by atoms with Gasteiger partial charge in [0.25, 0.3) is 0 Å². The fraction of sp³-hybridized carbons (Fsp3) is 0.311. The second kappa shape index (κ2) is 17.9. The van der Waals surface area contributed by atoms with Gasteiger partial charge in [-0.1, -0.05) is 193 Å². The third kappa shape index (κ3) is 9.63. The van der Waals surface area contributed by atoms with Crippen molar-refractivity contribution in [2.24, 2.45) is 0 Å². The van der Waals surface area contributed by atoms with Crippen LogP contribution in [0.25, 0.3) is 72.7 Å². The van der Waals surface area contributed by atoms with E-state index in [0.717, 1.165) is 55.7 Å². The second-order valence-electron chi connectivity index (χ2n) is 20.7. The summed E-state index contributed by atoms with van der Waals surface area (Å²) in [4.78, 5) is 10.4. The summed E-state index contributed by atoms with van der Waals surface area (Å²) in [5.41, 5.74) is 8.01. The van der Waals surface area contributed by atoms with Gasteiger partial charge >= 0.3 is 0 Å². The van der Waals surface area contributed by atoms with Gasteiger partial charge in [0.05, 0.1) is 22.3 Å². The monoisotopic (exact) mass is 1060 g/mol. The molecule has 0 aliphatic heterocycles. The van der Waals surface area contributed by atoms with Gasteiger partial charge in [0.15, 0.2) is 0 Å². The van der Waals surface area contributed by atoms with Gasteiger partial charge in [-0.25, -0.2) is 4.98 Å². The van der Waals surface area contributed by atoms with Crippen LogP contribution in [0.15, 0.2) is 134 Å². The molecular formula is C61H66N3OPt-. The van der Waals surface area contributed by atoms with Crippen LogP contribution in [0, 0.1) is 6.07 Å². The molecule has 0 aliphatic carbocycles. The fourth-order valence-electron chi connectivity index (χ4n) is 8.40. The summed E-state index contributed by atoms with van der Waals surface area (Å²) in [6.45, 7) is 12.8. The standard InChI is InChI=1S/C61H66N3O.Pt/c1-38(2)41-25-28-53(49(34-41)40-19-16-15-17-20-40)64-54-22-18-21-48(55(54)63-57(64)50-36-47(60(9,10)11)37-51(56(50)65)61(12,13)14)43-31-44(33-46(32-43)59(6,7)8)52-35-42(29-30-62-52)39-23-26-45(27-24-39)58(3,4)5;/h15-30,32-38,65H,1-14H3;/q-1;/i3D3,4D3,5D3,38D;. The number of nitrogens with zero attached hydrogens (tertiary/aromatic N) is 3. The second-order valence-corrected chi connectivity index (χ2v) is 20.7. The van der Waals surface area contributed by atoms with Crippen molar-refractivity contribution in [2.75, 3.05) is 0 Å². The van der Waals surface area contributed by atoms with E-state index in [4.69, 9.17) is 23.7 Å². The first-order valence-electron chi connectivity index (χ1n) is 27.3. The average Bonchev–Trinajstić information content (AvgIpc) is 3.68. The normalized spacial score (nSPS) is 15.4. The van der Waals surface area contributed by atoms with E-state index in [1.165, 1.54) is 12.1 Å². The van der Waals surface area contributed by atoms with Crippen LogP contribution in [0.2, 0.25) is 0 Å². The molecule has 6 aromatic carbocycles. The molecule has 2 heterocycles. The first-order valence-corrected chi connectivity index (χ1v) is 22.3. The number of imidazole rings is 1. The first-order chi connectivity index (χ1) is 34.5. The number of benzene rings is 6. The summed E-state index contributed by atoms with van der Waals surface area (Å²) < 4.78 is 85.1. The molecule has 8 aromatic rings. The van der Waals surface area contributed by atoms with Crippen LogP contribution >= 0.6 is 0 Å². The molecule has 0 atom stereocenters. The Hall–Kier alpha value is -5.57. The third-order valence-electron chi connectivity index (χ3n) is 12.3. The quantitative estimate of drug-likeness (QED) is 0.162. The summed E-state index contributed by atoms with van der Waals surface area (Å²) >= 11 is 0. The Morgan fingerprint density at radius 2 is 1.26 bits per heavy atom. The number of aromatic hydroxyl groups is 1. The zero-order valence-corrected chi connectivity index (χ0v) is 42.1. The topological polar surface area (TPSA) is 50.9 Å². The van der Waals surface area contributed by atoms with E-state index in [1.54, 1.807) is 24.4 Å². The van der Waals surface area contributed by atoms with Gasteiger partial charge in [-0.2, -0.15) is 0 Å². The smallest absolute Gasteiger partial charge is 0.148 e. The van der Waals surface area contributed by atoms with Crippen LogP contribution < -0.4 is 0 Å². The van der Waals surface area contributed by atoms with Crippen molar-refractivity contribution in [3.05, 3.63) is 167 Å². The minimum Gasteiger partial charge on any atom is -0.507 e. The number of fused-ring (bicyclic) bond motifs is 1.